The number of aryl methyl sites for hydroxylation is 2. The summed E-state index contributed by atoms with van der Waals surface area (Å²) in [6.07, 6.45) is 8.99. The first-order valence-electron chi connectivity index (χ1n) is 6.48. The fourth-order valence-electron chi connectivity index (χ4n) is 2.61. The molecule has 1 N–H and O–H groups in total. The Morgan fingerprint density at radius 1 is 1.39 bits per heavy atom. The lowest BCUT2D eigenvalue weighted by molar-refractivity contribution is 0.518. The highest BCUT2D eigenvalue weighted by Crippen LogP contribution is 2.28. The van der Waals surface area contributed by atoms with Gasteiger partial charge in [-0.25, -0.2) is 4.98 Å². The van der Waals surface area contributed by atoms with E-state index < -0.39 is 0 Å². The molecule has 2 aromatic heterocycles. The number of rotatable bonds is 4. The number of fused-ring (bicyclic) bond motifs is 1. The third-order valence-corrected chi connectivity index (χ3v) is 3.62. The number of nitrogens with one attached hydrogen (secondary N) is 1. The summed E-state index contributed by atoms with van der Waals surface area (Å²) in [5.74, 6) is 1.13. The van der Waals surface area contributed by atoms with Crippen LogP contribution in [0.1, 0.15) is 29.5 Å². The van der Waals surface area contributed by atoms with Crippen molar-refractivity contribution >= 4 is 0 Å². The van der Waals surface area contributed by atoms with Gasteiger partial charge in [0.1, 0.15) is 5.82 Å². The molecular weight excluding hydrogens is 224 g/mol. The third-order valence-electron chi connectivity index (χ3n) is 3.62. The standard InChI is InChI=1S/C14H18N4/c1-18-10-9-16-13(18)6-8-15-12-5-4-11-3-2-7-17-14(11)12/h2-3,7,9-10,12,15H,4-6,8H2,1H3. The Morgan fingerprint density at radius 3 is 3.17 bits per heavy atom. The number of aromatic nitrogens is 3. The second kappa shape index (κ2) is 4.90. The Hall–Kier alpha value is -1.68. The second-order valence-corrected chi connectivity index (χ2v) is 4.80. The van der Waals surface area contributed by atoms with Crippen molar-refractivity contribution in [3.8, 4) is 0 Å². The van der Waals surface area contributed by atoms with E-state index in [-0.39, 0.29) is 0 Å². The molecule has 1 aliphatic carbocycles. The van der Waals surface area contributed by atoms with Crippen molar-refractivity contribution in [3.05, 3.63) is 47.8 Å². The molecule has 2 aromatic rings. The third kappa shape index (κ3) is 2.16. The Balaban J connectivity index is 1.58. The number of nitrogens with zero attached hydrogens (tertiary/aromatic N) is 3. The minimum absolute atomic E-state index is 0.418. The van der Waals surface area contributed by atoms with E-state index in [1.54, 1.807) is 0 Å². The molecule has 0 bridgehead atoms. The lowest BCUT2D eigenvalue weighted by atomic mass is 10.2. The molecule has 0 amide bonds. The van der Waals surface area contributed by atoms with Gasteiger partial charge in [-0.3, -0.25) is 4.98 Å². The van der Waals surface area contributed by atoms with E-state index in [0.717, 1.165) is 31.6 Å². The van der Waals surface area contributed by atoms with Gasteiger partial charge in [0, 0.05) is 38.6 Å². The number of imidazole rings is 1. The van der Waals surface area contributed by atoms with Crippen LogP contribution in [0.2, 0.25) is 0 Å². The largest absolute Gasteiger partial charge is 0.338 e. The summed E-state index contributed by atoms with van der Waals surface area (Å²) in [5, 5.41) is 3.59. The maximum atomic E-state index is 4.49. The van der Waals surface area contributed by atoms with Gasteiger partial charge >= 0.3 is 0 Å². The Labute approximate surface area is 107 Å². The first kappa shape index (κ1) is 11.4. The normalized spacial score (nSPS) is 17.9. The van der Waals surface area contributed by atoms with E-state index in [1.165, 1.54) is 11.3 Å². The second-order valence-electron chi connectivity index (χ2n) is 4.80. The molecule has 0 saturated heterocycles. The van der Waals surface area contributed by atoms with Gasteiger partial charge < -0.3 is 9.88 Å². The van der Waals surface area contributed by atoms with E-state index in [9.17, 15) is 0 Å². The van der Waals surface area contributed by atoms with E-state index in [2.05, 4.69) is 25.9 Å². The van der Waals surface area contributed by atoms with Crippen LogP contribution in [0, 0.1) is 0 Å². The van der Waals surface area contributed by atoms with Crippen LogP contribution in [0.3, 0.4) is 0 Å². The Kier molecular flexibility index (Phi) is 3.11. The highest BCUT2D eigenvalue weighted by Gasteiger charge is 2.22. The van der Waals surface area contributed by atoms with Crippen molar-refractivity contribution in [2.75, 3.05) is 6.54 Å². The van der Waals surface area contributed by atoms with Gasteiger partial charge in [0.05, 0.1) is 11.7 Å². The average molecular weight is 242 g/mol. The van der Waals surface area contributed by atoms with Crippen LogP contribution in [0.15, 0.2) is 30.7 Å². The van der Waals surface area contributed by atoms with Crippen LogP contribution in [-0.4, -0.2) is 21.1 Å². The molecule has 0 aliphatic heterocycles. The molecule has 0 fully saturated rings. The SMILES string of the molecule is Cn1ccnc1CCNC1CCc2cccnc21. The number of hydrogen-bond acceptors (Lipinski definition) is 3. The summed E-state index contributed by atoms with van der Waals surface area (Å²) in [6.45, 7) is 0.950. The molecule has 4 nitrogen and oxygen atoms in total. The molecule has 3 rings (SSSR count). The van der Waals surface area contributed by atoms with Crippen molar-refractivity contribution in [1.29, 1.82) is 0 Å². The first-order valence-corrected chi connectivity index (χ1v) is 6.48. The maximum Gasteiger partial charge on any atom is 0.109 e. The predicted molar refractivity (Wildman–Crippen MR) is 70.2 cm³/mol. The van der Waals surface area contributed by atoms with Crippen molar-refractivity contribution < 1.29 is 0 Å². The molecule has 18 heavy (non-hydrogen) atoms. The summed E-state index contributed by atoms with van der Waals surface area (Å²) in [4.78, 5) is 8.82. The molecule has 1 unspecified atom stereocenters. The predicted octanol–water partition coefficient (Wildman–Crippen LogP) is 1.63. The zero-order valence-electron chi connectivity index (χ0n) is 10.6. The quantitative estimate of drug-likeness (QED) is 0.886. The summed E-state index contributed by atoms with van der Waals surface area (Å²) < 4.78 is 2.07. The summed E-state index contributed by atoms with van der Waals surface area (Å²) in [6, 6.07) is 4.62. The van der Waals surface area contributed by atoms with Gasteiger partial charge in [-0.05, 0) is 24.5 Å². The van der Waals surface area contributed by atoms with Crippen molar-refractivity contribution in [1.82, 2.24) is 19.9 Å². The zero-order chi connectivity index (χ0) is 12.4. The van der Waals surface area contributed by atoms with Gasteiger partial charge in [0.2, 0.25) is 0 Å². The van der Waals surface area contributed by atoms with Crippen LogP contribution in [-0.2, 0) is 19.9 Å². The molecule has 0 saturated carbocycles. The monoisotopic (exact) mass is 242 g/mol. The highest BCUT2D eigenvalue weighted by atomic mass is 15.0. The molecule has 0 spiro atoms. The zero-order valence-corrected chi connectivity index (χ0v) is 10.6. The molecule has 4 heteroatoms. The van der Waals surface area contributed by atoms with Crippen LogP contribution < -0.4 is 5.32 Å². The highest BCUT2D eigenvalue weighted by molar-refractivity contribution is 5.27. The summed E-state index contributed by atoms with van der Waals surface area (Å²) >= 11 is 0. The average Bonchev–Trinajstić information content (AvgIpc) is 2.97. The van der Waals surface area contributed by atoms with E-state index in [0.29, 0.717) is 6.04 Å². The van der Waals surface area contributed by atoms with Crippen LogP contribution >= 0.6 is 0 Å². The molecule has 0 aromatic carbocycles. The van der Waals surface area contributed by atoms with Crippen molar-refractivity contribution in [2.24, 2.45) is 7.05 Å². The van der Waals surface area contributed by atoms with E-state index in [1.807, 2.05) is 31.7 Å². The molecule has 0 radical (unpaired) electrons. The number of pyridine rings is 1. The van der Waals surface area contributed by atoms with Crippen LogP contribution in [0.5, 0.6) is 0 Å². The van der Waals surface area contributed by atoms with Gasteiger partial charge in [0.15, 0.2) is 0 Å². The lowest BCUT2D eigenvalue weighted by Gasteiger charge is -2.12. The van der Waals surface area contributed by atoms with Gasteiger partial charge in [0.25, 0.3) is 0 Å². The van der Waals surface area contributed by atoms with Crippen LogP contribution in [0.4, 0.5) is 0 Å². The topological polar surface area (TPSA) is 42.7 Å². The molecule has 1 aliphatic rings. The van der Waals surface area contributed by atoms with Crippen LogP contribution in [0.25, 0.3) is 0 Å². The summed E-state index contributed by atoms with van der Waals surface area (Å²) in [5.41, 5.74) is 2.63. The van der Waals surface area contributed by atoms with Gasteiger partial charge in [-0.2, -0.15) is 0 Å². The molecule has 94 valence electrons. The fourth-order valence-corrected chi connectivity index (χ4v) is 2.61. The Bertz CT molecular complexity index is 532. The van der Waals surface area contributed by atoms with Gasteiger partial charge in [-0.1, -0.05) is 6.07 Å². The fraction of sp³-hybridized carbons (Fsp3) is 0.429. The maximum absolute atomic E-state index is 4.49. The summed E-state index contributed by atoms with van der Waals surface area (Å²) in [7, 11) is 2.04. The smallest absolute Gasteiger partial charge is 0.109 e. The molecular formula is C14H18N4. The molecule has 1 atom stereocenters. The van der Waals surface area contributed by atoms with E-state index in [4.69, 9.17) is 0 Å². The van der Waals surface area contributed by atoms with Crippen molar-refractivity contribution in [3.63, 3.8) is 0 Å². The first-order chi connectivity index (χ1) is 8.84. The Morgan fingerprint density at radius 2 is 2.33 bits per heavy atom. The minimum atomic E-state index is 0.418. The van der Waals surface area contributed by atoms with Crippen molar-refractivity contribution in [2.45, 2.75) is 25.3 Å². The minimum Gasteiger partial charge on any atom is -0.338 e. The van der Waals surface area contributed by atoms with E-state index >= 15 is 0 Å². The number of hydrogen-bond donors (Lipinski definition) is 1. The van der Waals surface area contributed by atoms with Gasteiger partial charge in [-0.15, -0.1) is 0 Å². The molecule has 2 heterocycles. The lowest BCUT2D eigenvalue weighted by Crippen LogP contribution is -2.23.